The first-order valence-corrected chi connectivity index (χ1v) is 10.2. The average molecular weight is 403 g/mol. The molecule has 4 nitrogen and oxygen atoms in total. The highest BCUT2D eigenvalue weighted by molar-refractivity contribution is 6.03. The van der Waals surface area contributed by atoms with E-state index in [0.717, 1.165) is 39.0 Å². The van der Waals surface area contributed by atoms with Crippen LogP contribution in [0, 0.1) is 6.92 Å². The fourth-order valence-electron chi connectivity index (χ4n) is 3.74. The first-order valence-electron chi connectivity index (χ1n) is 10.2. The maximum Gasteiger partial charge on any atom is 0.274 e. The maximum atomic E-state index is 13.1. The second-order valence-corrected chi connectivity index (χ2v) is 7.51. The Labute approximate surface area is 180 Å². The fourth-order valence-corrected chi connectivity index (χ4v) is 3.74. The number of amides is 1. The Morgan fingerprint density at radius 1 is 0.742 bits per heavy atom. The second-order valence-electron chi connectivity index (χ2n) is 7.51. The molecule has 0 fully saturated rings. The molecule has 0 bridgehead atoms. The van der Waals surface area contributed by atoms with Gasteiger partial charge in [0.2, 0.25) is 0 Å². The molecule has 0 aliphatic rings. The van der Waals surface area contributed by atoms with Gasteiger partial charge in [-0.1, -0.05) is 72.8 Å². The molecule has 0 unspecified atom stereocenters. The predicted octanol–water partition coefficient (Wildman–Crippen LogP) is 6.25. The van der Waals surface area contributed by atoms with Gasteiger partial charge < -0.3 is 5.32 Å². The summed E-state index contributed by atoms with van der Waals surface area (Å²) in [5.41, 5.74) is 5.14. The van der Waals surface area contributed by atoms with Crippen LogP contribution in [0.25, 0.3) is 27.6 Å². The van der Waals surface area contributed by atoms with Crippen molar-refractivity contribution in [3.63, 3.8) is 0 Å². The number of aromatic nitrogens is 2. The number of hydrogen-bond donors (Lipinski definition) is 1. The number of fused-ring (bicyclic) bond motifs is 1. The SMILES string of the molecule is Cc1cc(C(=O)Nc2ccc(-c3ccccc3)cc2)n(-c2ccc3ccccc3c2)n1. The van der Waals surface area contributed by atoms with Crippen molar-refractivity contribution in [3.8, 4) is 16.8 Å². The summed E-state index contributed by atoms with van der Waals surface area (Å²) < 4.78 is 1.70. The number of carbonyl (C=O) groups excluding carboxylic acids is 1. The molecule has 1 N–H and O–H groups in total. The highest BCUT2D eigenvalue weighted by Gasteiger charge is 2.16. The summed E-state index contributed by atoms with van der Waals surface area (Å²) in [7, 11) is 0. The first kappa shape index (κ1) is 18.8. The van der Waals surface area contributed by atoms with Gasteiger partial charge in [0, 0.05) is 5.69 Å². The van der Waals surface area contributed by atoms with E-state index < -0.39 is 0 Å². The lowest BCUT2D eigenvalue weighted by atomic mass is 10.1. The van der Waals surface area contributed by atoms with Gasteiger partial charge >= 0.3 is 0 Å². The lowest BCUT2D eigenvalue weighted by molar-refractivity contribution is 0.101. The van der Waals surface area contributed by atoms with Crippen molar-refractivity contribution < 1.29 is 4.79 Å². The Kier molecular flexibility index (Phi) is 4.81. The molecular weight excluding hydrogens is 382 g/mol. The van der Waals surface area contributed by atoms with Crippen LogP contribution in [-0.4, -0.2) is 15.7 Å². The smallest absolute Gasteiger partial charge is 0.274 e. The van der Waals surface area contributed by atoms with E-state index in [1.165, 1.54) is 0 Å². The molecule has 4 aromatic carbocycles. The van der Waals surface area contributed by atoms with Crippen molar-refractivity contribution in [1.29, 1.82) is 0 Å². The van der Waals surface area contributed by atoms with E-state index in [9.17, 15) is 4.79 Å². The summed E-state index contributed by atoms with van der Waals surface area (Å²) in [6, 6.07) is 34.1. The van der Waals surface area contributed by atoms with Crippen molar-refractivity contribution in [2.45, 2.75) is 6.92 Å². The monoisotopic (exact) mass is 403 g/mol. The van der Waals surface area contributed by atoms with E-state index >= 15 is 0 Å². The summed E-state index contributed by atoms with van der Waals surface area (Å²) in [5.74, 6) is -0.193. The van der Waals surface area contributed by atoms with Crippen molar-refractivity contribution >= 4 is 22.4 Å². The minimum absolute atomic E-state index is 0.193. The Morgan fingerprint density at radius 3 is 2.19 bits per heavy atom. The van der Waals surface area contributed by atoms with Gasteiger partial charge in [0.05, 0.1) is 11.4 Å². The van der Waals surface area contributed by atoms with Gasteiger partial charge in [0.15, 0.2) is 0 Å². The molecule has 0 saturated heterocycles. The third-order valence-electron chi connectivity index (χ3n) is 5.29. The van der Waals surface area contributed by atoms with Crippen molar-refractivity contribution in [3.05, 3.63) is 115 Å². The van der Waals surface area contributed by atoms with E-state index in [0.29, 0.717) is 5.69 Å². The predicted molar refractivity (Wildman–Crippen MR) is 126 cm³/mol. The van der Waals surface area contributed by atoms with E-state index in [-0.39, 0.29) is 5.91 Å². The van der Waals surface area contributed by atoms with E-state index in [2.05, 4.69) is 34.7 Å². The number of aryl methyl sites for hydroxylation is 1. The van der Waals surface area contributed by atoms with Gasteiger partial charge in [0.25, 0.3) is 5.91 Å². The average Bonchev–Trinajstić information content (AvgIpc) is 3.22. The third kappa shape index (κ3) is 3.83. The molecule has 1 heterocycles. The fraction of sp³-hybridized carbons (Fsp3) is 0.0370. The van der Waals surface area contributed by atoms with Crippen LogP contribution in [-0.2, 0) is 0 Å². The molecule has 0 radical (unpaired) electrons. The molecular formula is C27H21N3O. The zero-order valence-electron chi connectivity index (χ0n) is 17.1. The number of benzene rings is 4. The summed E-state index contributed by atoms with van der Waals surface area (Å²) in [4.78, 5) is 13.1. The topological polar surface area (TPSA) is 46.9 Å². The van der Waals surface area contributed by atoms with Crippen LogP contribution in [0.15, 0.2) is 103 Å². The summed E-state index contributed by atoms with van der Waals surface area (Å²) in [6.07, 6.45) is 0. The molecule has 0 aliphatic heterocycles. The zero-order valence-corrected chi connectivity index (χ0v) is 17.1. The summed E-state index contributed by atoms with van der Waals surface area (Å²) >= 11 is 0. The molecule has 5 aromatic rings. The lowest BCUT2D eigenvalue weighted by Gasteiger charge is -2.10. The minimum Gasteiger partial charge on any atom is -0.321 e. The molecule has 5 rings (SSSR count). The zero-order chi connectivity index (χ0) is 21.2. The summed E-state index contributed by atoms with van der Waals surface area (Å²) in [5, 5.41) is 9.82. The van der Waals surface area contributed by atoms with Gasteiger partial charge in [-0.3, -0.25) is 4.79 Å². The number of carbonyl (C=O) groups is 1. The second kappa shape index (κ2) is 7.92. The van der Waals surface area contributed by atoms with Gasteiger partial charge in [-0.2, -0.15) is 5.10 Å². The summed E-state index contributed by atoms with van der Waals surface area (Å²) in [6.45, 7) is 1.89. The molecule has 150 valence electrons. The van der Waals surface area contributed by atoms with Crippen LogP contribution in [0.5, 0.6) is 0 Å². The van der Waals surface area contributed by atoms with E-state index in [4.69, 9.17) is 0 Å². The molecule has 4 heteroatoms. The number of nitrogens with zero attached hydrogens (tertiary/aromatic N) is 2. The van der Waals surface area contributed by atoms with Gasteiger partial charge in [0.1, 0.15) is 5.69 Å². The molecule has 0 saturated carbocycles. The van der Waals surface area contributed by atoms with Crippen LogP contribution >= 0.6 is 0 Å². The number of hydrogen-bond acceptors (Lipinski definition) is 2. The molecule has 0 atom stereocenters. The molecule has 1 amide bonds. The van der Waals surface area contributed by atoms with E-state index in [1.54, 1.807) is 4.68 Å². The normalized spacial score (nSPS) is 10.9. The Balaban J connectivity index is 1.42. The highest BCUT2D eigenvalue weighted by atomic mass is 16.2. The molecule has 0 spiro atoms. The van der Waals surface area contributed by atoms with Crippen LogP contribution in [0.1, 0.15) is 16.2 Å². The van der Waals surface area contributed by atoms with Gasteiger partial charge in [-0.05, 0) is 59.2 Å². The Bertz CT molecular complexity index is 1370. The van der Waals surface area contributed by atoms with Crippen LogP contribution < -0.4 is 5.32 Å². The number of rotatable bonds is 4. The highest BCUT2D eigenvalue weighted by Crippen LogP contribution is 2.23. The van der Waals surface area contributed by atoms with E-state index in [1.807, 2.05) is 85.8 Å². The largest absolute Gasteiger partial charge is 0.321 e. The van der Waals surface area contributed by atoms with Crippen LogP contribution in [0.3, 0.4) is 0 Å². The van der Waals surface area contributed by atoms with Crippen molar-refractivity contribution in [1.82, 2.24) is 9.78 Å². The van der Waals surface area contributed by atoms with Gasteiger partial charge in [-0.25, -0.2) is 4.68 Å². The maximum absolute atomic E-state index is 13.1. The Hall–Kier alpha value is -4.18. The minimum atomic E-state index is -0.193. The van der Waals surface area contributed by atoms with Gasteiger partial charge in [-0.15, -0.1) is 0 Å². The number of nitrogens with one attached hydrogen (secondary N) is 1. The third-order valence-corrected chi connectivity index (χ3v) is 5.29. The Morgan fingerprint density at radius 2 is 1.42 bits per heavy atom. The molecule has 1 aromatic heterocycles. The van der Waals surface area contributed by atoms with Crippen molar-refractivity contribution in [2.24, 2.45) is 0 Å². The quantitative estimate of drug-likeness (QED) is 0.385. The molecule has 31 heavy (non-hydrogen) atoms. The molecule has 0 aliphatic carbocycles. The number of anilines is 1. The van der Waals surface area contributed by atoms with Crippen LogP contribution in [0.4, 0.5) is 5.69 Å². The lowest BCUT2D eigenvalue weighted by Crippen LogP contribution is -2.17. The first-order chi connectivity index (χ1) is 15.2. The van der Waals surface area contributed by atoms with Crippen LogP contribution in [0.2, 0.25) is 0 Å². The standard InChI is InChI=1S/C27H21N3O/c1-19-17-26(30(29-19)25-16-13-21-9-5-6-10-23(21)18-25)27(31)28-24-14-11-22(12-15-24)20-7-3-2-4-8-20/h2-18H,1H3,(H,28,31). The van der Waals surface area contributed by atoms with Crippen molar-refractivity contribution in [2.75, 3.05) is 5.32 Å².